The summed E-state index contributed by atoms with van der Waals surface area (Å²) in [6.45, 7) is 0.706. The SMILES string of the molecule is O=C1c2ccc(Cl)cc2C(=O)N1CCC(=O)N1CCc2ccccc21. The van der Waals surface area contributed by atoms with Gasteiger partial charge in [-0.25, -0.2) is 0 Å². The number of hydrogen-bond donors (Lipinski definition) is 0. The molecule has 5 nitrogen and oxygen atoms in total. The second-order valence-electron chi connectivity index (χ2n) is 6.13. The van der Waals surface area contributed by atoms with E-state index in [9.17, 15) is 14.4 Å². The van der Waals surface area contributed by atoms with Crippen molar-refractivity contribution in [3.8, 4) is 0 Å². The van der Waals surface area contributed by atoms with Gasteiger partial charge >= 0.3 is 0 Å². The maximum Gasteiger partial charge on any atom is 0.261 e. The average molecular weight is 355 g/mol. The number of hydrogen-bond acceptors (Lipinski definition) is 3. The van der Waals surface area contributed by atoms with Crippen molar-refractivity contribution in [2.24, 2.45) is 0 Å². The Morgan fingerprint density at radius 1 is 1.04 bits per heavy atom. The maximum absolute atomic E-state index is 12.6. The molecule has 6 heteroatoms. The number of fused-ring (bicyclic) bond motifs is 2. The molecule has 2 heterocycles. The Balaban J connectivity index is 1.47. The number of carbonyl (C=O) groups is 3. The van der Waals surface area contributed by atoms with Gasteiger partial charge in [-0.2, -0.15) is 0 Å². The fourth-order valence-electron chi connectivity index (χ4n) is 3.41. The topological polar surface area (TPSA) is 57.7 Å². The van der Waals surface area contributed by atoms with E-state index in [1.165, 1.54) is 6.07 Å². The second-order valence-corrected chi connectivity index (χ2v) is 6.56. The van der Waals surface area contributed by atoms with Gasteiger partial charge in [-0.1, -0.05) is 29.8 Å². The number of anilines is 1. The number of imide groups is 1. The van der Waals surface area contributed by atoms with Crippen LogP contribution in [0.4, 0.5) is 5.69 Å². The molecule has 0 radical (unpaired) electrons. The molecule has 2 aromatic carbocycles. The van der Waals surface area contributed by atoms with Crippen LogP contribution in [-0.4, -0.2) is 35.7 Å². The zero-order valence-corrected chi connectivity index (χ0v) is 14.1. The van der Waals surface area contributed by atoms with E-state index in [4.69, 9.17) is 11.6 Å². The number of amides is 3. The first-order chi connectivity index (χ1) is 12.1. The maximum atomic E-state index is 12.6. The minimum Gasteiger partial charge on any atom is -0.312 e. The molecule has 2 aromatic rings. The predicted octanol–water partition coefficient (Wildman–Crippen LogP) is 2.92. The number of nitrogens with zero attached hydrogens (tertiary/aromatic N) is 2. The molecule has 2 aliphatic heterocycles. The van der Waals surface area contributed by atoms with E-state index in [1.54, 1.807) is 17.0 Å². The van der Waals surface area contributed by atoms with E-state index in [1.807, 2.05) is 24.3 Å². The summed E-state index contributed by atoms with van der Waals surface area (Å²) in [6.07, 6.45) is 0.932. The van der Waals surface area contributed by atoms with Crippen LogP contribution in [0.25, 0.3) is 0 Å². The van der Waals surface area contributed by atoms with Crippen molar-refractivity contribution in [1.29, 1.82) is 0 Å². The zero-order chi connectivity index (χ0) is 17.6. The van der Waals surface area contributed by atoms with Crippen molar-refractivity contribution >= 4 is 35.0 Å². The lowest BCUT2D eigenvalue weighted by molar-refractivity contribution is -0.118. The minimum absolute atomic E-state index is 0.0709. The second kappa shape index (κ2) is 6.01. The van der Waals surface area contributed by atoms with Crippen LogP contribution in [0.3, 0.4) is 0 Å². The van der Waals surface area contributed by atoms with Crippen molar-refractivity contribution in [3.05, 3.63) is 64.2 Å². The fraction of sp³-hybridized carbons (Fsp3) is 0.211. The smallest absolute Gasteiger partial charge is 0.261 e. The van der Waals surface area contributed by atoms with Gasteiger partial charge in [0.2, 0.25) is 5.91 Å². The molecule has 0 unspecified atom stereocenters. The Labute approximate surface area is 149 Å². The van der Waals surface area contributed by atoms with Crippen LogP contribution in [0.5, 0.6) is 0 Å². The van der Waals surface area contributed by atoms with Crippen molar-refractivity contribution in [2.75, 3.05) is 18.0 Å². The summed E-state index contributed by atoms with van der Waals surface area (Å²) in [5.74, 6) is -0.844. The highest BCUT2D eigenvalue weighted by Gasteiger charge is 2.36. The van der Waals surface area contributed by atoms with Crippen molar-refractivity contribution in [1.82, 2.24) is 4.90 Å². The van der Waals surface area contributed by atoms with E-state index in [0.29, 0.717) is 22.7 Å². The lowest BCUT2D eigenvalue weighted by Gasteiger charge is -2.19. The van der Waals surface area contributed by atoms with Crippen LogP contribution >= 0.6 is 11.6 Å². The van der Waals surface area contributed by atoms with Gasteiger partial charge in [0.05, 0.1) is 11.1 Å². The van der Waals surface area contributed by atoms with Crippen LogP contribution in [0.1, 0.15) is 32.7 Å². The number of halogens is 1. The summed E-state index contributed by atoms with van der Waals surface area (Å²) in [4.78, 5) is 40.2. The molecular formula is C19H15ClN2O3. The predicted molar refractivity (Wildman–Crippen MR) is 93.9 cm³/mol. The summed E-state index contributed by atoms with van der Waals surface area (Å²) >= 11 is 5.90. The first-order valence-electron chi connectivity index (χ1n) is 8.10. The van der Waals surface area contributed by atoms with Crippen LogP contribution in [0.2, 0.25) is 5.02 Å². The lowest BCUT2D eigenvalue weighted by Crippen LogP contribution is -2.36. The van der Waals surface area contributed by atoms with Crippen molar-refractivity contribution in [2.45, 2.75) is 12.8 Å². The molecule has 3 amide bonds. The Bertz CT molecular complexity index is 909. The molecule has 0 aliphatic carbocycles. The first-order valence-corrected chi connectivity index (χ1v) is 8.48. The molecule has 25 heavy (non-hydrogen) atoms. The Morgan fingerprint density at radius 3 is 2.64 bits per heavy atom. The van der Waals surface area contributed by atoms with Crippen molar-refractivity contribution in [3.63, 3.8) is 0 Å². The summed E-state index contributed by atoms with van der Waals surface area (Å²) in [5, 5.41) is 0.409. The Hall–Kier alpha value is -2.66. The highest BCUT2D eigenvalue weighted by Crippen LogP contribution is 2.29. The molecule has 4 rings (SSSR count). The Morgan fingerprint density at radius 2 is 1.80 bits per heavy atom. The number of para-hydroxylation sites is 1. The quantitative estimate of drug-likeness (QED) is 0.796. The van der Waals surface area contributed by atoms with Crippen LogP contribution in [-0.2, 0) is 11.2 Å². The van der Waals surface area contributed by atoms with E-state index >= 15 is 0 Å². The first kappa shape index (κ1) is 15.8. The van der Waals surface area contributed by atoms with Gasteiger partial charge in [-0.15, -0.1) is 0 Å². The largest absolute Gasteiger partial charge is 0.312 e. The summed E-state index contributed by atoms with van der Waals surface area (Å²) in [6, 6.07) is 12.4. The van der Waals surface area contributed by atoms with E-state index < -0.39 is 5.91 Å². The number of benzene rings is 2. The minimum atomic E-state index is -0.392. The van der Waals surface area contributed by atoms with Gasteiger partial charge in [0, 0.05) is 30.2 Å². The third-order valence-electron chi connectivity index (χ3n) is 4.67. The standard InChI is InChI=1S/C19H15ClN2O3/c20-13-5-6-14-15(11-13)19(25)22(18(14)24)10-8-17(23)21-9-7-12-3-1-2-4-16(12)21/h1-6,11H,7-10H2. The monoisotopic (exact) mass is 354 g/mol. The van der Waals surface area contributed by atoms with Crippen LogP contribution in [0, 0.1) is 0 Å². The molecule has 0 atom stereocenters. The highest BCUT2D eigenvalue weighted by atomic mass is 35.5. The Kier molecular flexibility index (Phi) is 3.81. The zero-order valence-electron chi connectivity index (χ0n) is 13.4. The molecule has 126 valence electrons. The van der Waals surface area contributed by atoms with Gasteiger partial charge in [-0.3, -0.25) is 19.3 Å². The fourth-order valence-corrected chi connectivity index (χ4v) is 3.58. The molecule has 2 aliphatic rings. The summed E-state index contributed by atoms with van der Waals surface area (Å²) < 4.78 is 0. The third-order valence-corrected chi connectivity index (χ3v) is 4.91. The number of rotatable bonds is 3. The number of carbonyl (C=O) groups excluding carboxylic acids is 3. The molecular weight excluding hydrogens is 340 g/mol. The van der Waals surface area contributed by atoms with E-state index in [2.05, 4.69) is 0 Å². The van der Waals surface area contributed by atoms with Gasteiger partial charge in [0.1, 0.15) is 0 Å². The molecule has 0 bridgehead atoms. The molecule has 0 N–H and O–H groups in total. The lowest BCUT2D eigenvalue weighted by atomic mass is 10.1. The average Bonchev–Trinajstić information content (AvgIpc) is 3.14. The van der Waals surface area contributed by atoms with E-state index in [-0.39, 0.29) is 24.8 Å². The third kappa shape index (κ3) is 2.61. The molecule has 0 spiro atoms. The molecule has 0 fully saturated rings. The molecule has 0 saturated heterocycles. The molecule has 0 aromatic heterocycles. The van der Waals surface area contributed by atoms with Crippen molar-refractivity contribution < 1.29 is 14.4 Å². The van der Waals surface area contributed by atoms with Crippen LogP contribution < -0.4 is 4.90 Å². The molecule has 0 saturated carbocycles. The van der Waals surface area contributed by atoms with E-state index in [0.717, 1.165) is 22.6 Å². The summed E-state index contributed by atoms with van der Waals surface area (Å²) in [5.41, 5.74) is 2.71. The van der Waals surface area contributed by atoms with Crippen LogP contribution in [0.15, 0.2) is 42.5 Å². The van der Waals surface area contributed by atoms with Gasteiger partial charge in [0.15, 0.2) is 0 Å². The highest BCUT2D eigenvalue weighted by molar-refractivity contribution is 6.32. The normalized spacial score (nSPS) is 15.6. The summed E-state index contributed by atoms with van der Waals surface area (Å²) in [7, 11) is 0. The van der Waals surface area contributed by atoms with Gasteiger partial charge < -0.3 is 4.90 Å². The van der Waals surface area contributed by atoms with Gasteiger partial charge in [0.25, 0.3) is 11.8 Å². The van der Waals surface area contributed by atoms with Gasteiger partial charge in [-0.05, 0) is 36.2 Å².